The highest BCUT2D eigenvalue weighted by atomic mass is 19.4. The molecule has 0 radical (unpaired) electrons. The molecule has 0 heterocycles. The largest absolute Gasteiger partial charge is 0.497 e. The zero-order chi connectivity index (χ0) is 21.8. The highest BCUT2D eigenvalue weighted by Gasteiger charge is 2.36. The molecule has 0 saturated carbocycles. The summed E-state index contributed by atoms with van der Waals surface area (Å²) in [6, 6.07) is 5.50. The van der Waals surface area contributed by atoms with E-state index in [1.54, 1.807) is 0 Å². The number of hydrogen-bond acceptors (Lipinski definition) is 4. The van der Waals surface area contributed by atoms with Crippen molar-refractivity contribution in [1.29, 1.82) is 0 Å². The van der Waals surface area contributed by atoms with Gasteiger partial charge in [-0.25, -0.2) is 0 Å². The van der Waals surface area contributed by atoms with E-state index in [1.807, 2.05) is 0 Å². The molecule has 0 aromatic heterocycles. The van der Waals surface area contributed by atoms with Crippen LogP contribution in [0.25, 0.3) is 0 Å². The van der Waals surface area contributed by atoms with Crippen LogP contribution in [0.2, 0.25) is 0 Å². The van der Waals surface area contributed by atoms with E-state index in [1.165, 1.54) is 32.4 Å². The van der Waals surface area contributed by atoms with Crippen LogP contribution >= 0.6 is 0 Å². The summed E-state index contributed by atoms with van der Waals surface area (Å²) in [7, 11) is 2.78. The summed E-state index contributed by atoms with van der Waals surface area (Å²) in [5.41, 5.74) is -3.21. The number of benzene rings is 2. The molecule has 29 heavy (non-hydrogen) atoms. The van der Waals surface area contributed by atoms with Crippen LogP contribution in [-0.4, -0.2) is 26.7 Å². The highest BCUT2D eigenvalue weighted by molar-refractivity contribution is 5.95. The van der Waals surface area contributed by atoms with Gasteiger partial charge < -0.3 is 20.1 Å². The number of ether oxygens (including phenoxy) is 2. The van der Waals surface area contributed by atoms with Gasteiger partial charge in [0, 0.05) is 11.8 Å². The standard InChI is InChI=1S/C18H16F6N2O3/c1-28-13-3-4-14(15(8-13)29-2)26-16(27)9-25-12-6-10(17(19,20)21)5-11(7-12)18(22,23)24/h3-8,25H,9H2,1-2H3,(H,26,27). The summed E-state index contributed by atoms with van der Waals surface area (Å²) in [4.78, 5) is 12.1. The van der Waals surface area contributed by atoms with Crippen LogP contribution in [0.5, 0.6) is 11.5 Å². The number of alkyl halides is 6. The monoisotopic (exact) mass is 422 g/mol. The third kappa shape index (κ3) is 5.93. The zero-order valence-corrected chi connectivity index (χ0v) is 15.2. The van der Waals surface area contributed by atoms with Crippen molar-refractivity contribution in [3.8, 4) is 11.5 Å². The Balaban J connectivity index is 2.16. The first-order chi connectivity index (χ1) is 13.4. The predicted molar refractivity (Wildman–Crippen MR) is 93.1 cm³/mol. The molecule has 0 fully saturated rings. The van der Waals surface area contributed by atoms with Gasteiger partial charge in [0.05, 0.1) is 37.6 Å². The van der Waals surface area contributed by atoms with E-state index in [9.17, 15) is 31.1 Å². The van der Waals surface area contributed by atoms with E-state index in [-0.39, 0.29) is 17.5 Å². The Morgan fingerprint density at radius 2 is 1.48 bits per heavy atom. The lowest BCUT2D eigenvalue weighted by Gasteiger charge is -2.15. The quantitative estimate of drug-likeness (QED) is 0.658. The Bertz CT molecular complexity index is 849. The first-order valence-electron chi connectivity index (χ1n) is 7.99. The fourth-order valence-electron chi connectivity index (χ4n) is 2.34. The van der Waals surface area contributed by atoms with Crippen molar-refractivity contribution in [2.24, 2.45) is 0 Å². The minimum Gasteiger partial charge on any atom is -0.497 e. The summed E-state index contributed by atoms with van der Waals surface area (Å²) in [5.74, 6) is 0.0113. The number of anilines is 2. The molecule has 0 aliphatic heterocycles. The maximum atomic E-state index is 12.9. The second-order valence-corrected chi connectivity index (χ2v) is 5.76. The van der Waals surface area contributed by atoms with Gasteiger partial charge in [0.1, 0.15) is 11.5 Å². The number of rotatable bonds is 6. The Kier molecular flexibility index (Phi) is 6.50. The fourth-order valence-corrected chi connectivity index (χ4v) is 2.34. The maximum Gasteiger partial charge on any atom is 0.416 e. The summed E-state index contributed by atoms with van der Waals surface area (Å²) < 4.78 is 87.3. The first-order valence-corrected chi connectivity index (χ1v) is 7.99. The van der Waals surface area contributed by atoms with Gasteiger partial charge >= 0.3 is 12.4 Å². The maximum absolute atomic E-state index is 12.9. The van der Waals surface area contributed by atoms with Gasteiger partial charge in [0.15, 0.2) is 0 Å². The molecule has 0 atom stereocenters. The van der Waals surface area contributed by atoms with E-state index in [0.29, 0.717) is 17.9 Å². The molecule has 11 heteroatoms. The summed E-state index contributed by atoms with van der Waals surface area (Å²) in [6.45, 7) is -0.576. The van der Waals surface area contributed by atoms with Crippen LogP contribution < -0.4 is 20.1 Å². The van der Waals surface area contributed by atoms with Crippen LogP contribution in [0, 0.1) is 0 Å². The average molecular weight is 422 g/mol. The molecule has 0 saturated heterocycles. The molecule has 0 spiro atoms. The second-order valence-electron chi connectivity index (χ2n) is 5.76. The third-order valence-electron chi connectivity index (χ3n) is 3.72. The van der Waals surface area contributed by atoms with Crippen LogP contribution in [0.1, 0.15) is 11.1 Å². The summed E-state index contributed by atoms with van der Waals surface area (Å²) in [5, 5.41) is 4.72. The van der Waals surface area contributed by atoms with Crippen molar-refractivity contribution in [1.82, 2.24) is 0 Å². The molecule has 1 amide bonds. The summed E-state index contributed by atoms with van der Waals surface area (Å²) >= 11 is 0. The van der Waals surface area contributed by atoms with E-state index in [0.717, 1.165) is 0 Å². The van der Waals surface area contributed by atoms with E-state index in [4.69, 9.17) is 9.47 Å². The predicted octanol–water partition coefficient (Wildman–Crippen LogP) is 4.79. The van der Waals surface area contributed by atoms with Crippen LogP contribution in [0.4, 0.5) is 37.7 Å². The van der Waals surface area contributed by atoms with Crippen LogP contribution in [-0.2, 0) is 17.1 Å². The smallest absolute Gasteiger partial charge is 0.416 e. The van der Waals surface area contributed by atoms with Crippen molar-refractivity contribution in [3.05, 3.63) is 47.5 Å². The molecule has 5 nitrogen and oxygen atoms in total. The third-order valence-corrected chi connectivity index (χ3v) is 3.72. The van der Waals surface area contributed by atoms with Crippen molar-refractivity contribution < 1.29 is 40.6 Å². The number of hydrogen-bond donors (Lipinski definition) is 2. The van der Waals surface area contributed by atoms with Crippen molar-refractivity contribution >= 4 is 17.3 Å². The first kappa shape index (κ1) is 22.2. The summed E-state index contributed by atoms with van der Waals surface area (Å²) in [6.07, 6.45) is -9.95. The molecular formula is C18H16F6N2O3. The molecule has 0 aliphatic rings. The molecular weight excluding hydrogens is 406 g/mol. The van der Waals surface area contributed by atoms with Crippen LogP contribution in [0.3, 0.4) is 0 Å². The molecule has 158 valence electrons. The normalized spacial score (nSPS) is 11.7. The number of amides is 1. The average Bonchev–Trinajstić information content (AvgIpc) is 2.65. The minimum absolute atomic E-state index is 0.00741. The van der Waals surface area contributed by atoms with Gasteiger partial charge in [-0.2, -0.15) is 26.3 Å². The van der Waals surface area contributed by atoms with Gasteiger partial charge in [-0.3, -0.25) is 4.79 Å². The molecule has 2 aromatic carbocycles. The zero-order valence-electron chi connectivity index (χ0n) is 15.2. The van der Waals surface area contributed by atoms with Gasteiger partial charge in [0.25, 0.3) is 0 Å². The number of methoxy groups -OCH3 is 2. The lowest BCUT2D eigenvalue weighted by molar-refractivity contribution is -0.143. The number of carbonyl (C=O) groups excluding carboxylic acids is 1. The molecule has 0 bridgehead atoms. The second kappa shape index (κ2) is 8.50. The Morgan fingerprint density at radius 3 is 1.97 bits per heavy atom. The number of carbonyl (C=O) groups is 1. The molecule has 0 aliphatic carbocycles. The molecule has 2 rings (SSSR count). The topological polar surface area (TPSA) is 59.6 Å². The van der Waals surface area contributed by atoms with Gasteiger partial charge in [0.2, 0.25) is 5.91 Å². The Labute approximate surface area is 161 Å². The van der Waals surface area contributed by atoms with E-state index in [2.05, 4.69) is 10.6 Å². The molecule has 2 aromatic rings. The Hall–Kier alpha value is -3.11. The molecule has 0 unspecified atom stereocenters. The van der Waals surface area contributed by atoms with Gasteiger partial charge in [-0.05, 0) is 30.3 Å². The minimum atomic E-state index is -4.98. The lowest BCUT2D eigenvalue weighted by Crippen LogP contribution is -2.22. The molecule has 2 N–H and O–H groups in total. The van der Waals surface area contributed by atoms with Crippen molar-refractivity contribution in [2.45, 2.75) is 12.4 Å². The number of halogens is 6. The SMILES string of the molecule is COc1ccc(NC(=O)CNc2cc(C(F)(F)F)cc(C(F)(F)F)c2)c(OC)c1. The van der Waals surface area contributed by atoms with Gasteiger partial charge in [-0.15, -0.1) is 0 Å². The van der Waals surface area contributed by atoms with E-state index >= 15 is 0 Å². The van der Waals surface area contributed by atoms with Gasteiger partial charge in [-0.1, -0.05) is 0 Å². The lowest BCUT2D eigenvalue weighted by atomic mass is 10.1. The van der Waals surface area contributed by atoms with Crippen molar-refractivity contribution in [2.75, 3.05) is 31.4 Å². The van der Waals surface area contributed by atoms with Crippen LogP contribution in [0.15, 0.2) is 36.4 Å². The highest BCUT2D eigenvalue weighted by Crippen LogP contribution is 2.37. The van der Waals surface area contributed by atoms with E-state index < -0.39 is 41.6 Å². The number of nitrogens with one attached hydrogen (secondary N) is 2. The Morgan fingerprint density at radius 1 is 0.897 bits per heavy atom. The fraction of sp³-hybridized carbons (Fsp3) is 0.278. The van der Waals surface area contributed by atoms with Crippen molar-refractivity contribution in [3.63, 3.8) is 0 Å².